The fourth-order valence-electron chi connectivity index (χ4n) is 4.26. The van der Waals surface area contributed by atoms with Crippen LogP contribution in [0.2, 0.25) is 0 Å². The first-order valence-electron chi connectivity index (χ1n) is 11.2. The molecule has 2 aliphatic heterocycles. The Morgan fingerprint density at radius 2 is 1.78 bits per heavy atom. The van der Waals surface area contributed by atoms with Crippen LogP contribution in [0.1, 0.15) is 18.4 Å². The quantitative estimate of drug-likeness (QED) is 0.354. The minimum atomic E-state index is 0. The van der Waals surface area contributed by atoms with E-state index in [4.69, 9.17) is 0 Å². The molecule has 0 aliphatic carbocycles. The Labute approximate surface area is 207 Å². The van der Waals surface area contributed by atoms with Gasteiger partial charge in [0.05, 0.1) is 12.2 Å². The smallest absolute Gasteiger partial charge is 0.236 e. The number of hydrogen-bond acceptors (Lipinski definition) is 4. The van der Waals surface area contributed by atoms with E-state index in [9.17, 15) is 4.79 Å². The van der Waals surface area contributed by atoms with Gasteiger partial charge in [0.2, 0.25) is 5.91 Å². The van der Waals surface area contributed by atoms with Crippen LogP contribution in [-0.4, -0.2) is 84.4 Å². The fourth-order valence-corrected chi connectivity index (χ4v) is 4.26. The van der Waals surface area contributed by atoms with E-state index in [1.165, 1.54) is 5.56 Å². The molecule has 2 fully saturated rings. The van der Waals surface area contributed by atoms with Gasteiger partial charge in [0.15, 0.2) is 5.96 Å². The van der Waals surface area contributed by atoms with Crippen LogP contribution in [0.5, 0.6) is 0 Å². The van der Waals surface area contributed by atoms with Gasteiger partial charge in [0, 0.05) is 64.6 Å². The summed E-state index contributed by atoms with van der Waals surface area (Å²) in [6.45, 7) is 6.63. The van der Waals surface area contributed by atoms with Crippen molar-refractivity contribution in [1.82, 2.24) is 25.0 Å². The average molecular weight is 548 g/mol. The number of aliphatic imine (C=N–C) groups is 1. The molecule has 4 rings (SSSR count). The largest absolute Gasteiger partial charge is 0.352 e. The first-order valence-corrected chi connectivity index (χ1v) is 11.2. The van der Waals surface area contributed by atoms with Gasteiger partial charge in [0.1, 0.15) is 0 Å². The molecule has 7 nitrogen and oxygen atoms in total. The van der Waals surface area contributed by atoms with E-state index >= 15 is 0 Å². The summed E-state index contributed by atoms with van der Waals surface area (Å²) < 4.78 is 0. The lowest BCUT2D eigenvalue weighted by atomic mass is 10.1. The normalized spacial score (nSPS) is 17.2. The van der Waals surface area contributed by atoms with Gasteiger partial charge in [-0.25, -0.2) is 0 Å². The number of carbonyl (C=O) groups is 1. The maximum absolute atomic E-state index is 12.4. The molecule has 3 heterocycles. The third-order valence-electron chi connectivity index (χ3n) is 6.04. The van der Waals surface area contributed by atoms with E-state index in [0.29, 0.717) is 13.1 Å². The number of hydrogen-bond donors (Lipinski definition) is 1. The molecule has 2 aliphatic rings. The summed E-state index contributed by atoms with van der Waals surface area (Å²) in [6.07, 6.45) is 4.11. The standard InChI is InChI=1S/C24H32N6O.HI/c1-25-24(27-18-20-7-6-8-21(17-20)22-9-2-3-10-26-22)30-15-13-28(14-16-30)19-23(31)29-11-4-5-12-29;/h2-3,6-10,17H,4-5,11-16,18-19H2,1H3,(H,25,27);1H. The lowest BCUT2D eigenvalue weighted by Crippen LogP contribution is -2.54. The van der Waals surface area contributed by atoms with Crippen LogP contribution in [-0.2, 0) is 11.3 Å². The first kappa shape index (κ1) is 24.4. The number of nitrogens with zero attached hydrogens (tertiary/aromatic N) is 5. The topological polar surface area (TPSA) is 64.1 Å². The van der Waals surface area contributed by atoms with Gasteiger partial charge in [-0.15, -0.1) is 24.0 Å². The number of amides is 1. The van der Waals surface area contributed by atoms with Crippen molar-refractivity contribution in [3.8, 4) is 11.3 Å². The van der Waals surface area contributed by atoms with E-state index < -0.39 is 0 Å². The van der Waals surface area contributed by atoms with Crippen LogP contribution in [0.15, 0.2) is 53.7 Å². The van der Waals surface area contributed by atoms with Crippen molar-refractivity contribution >= 4 is 35.8 Å². The zero-order valence-corrected chi connectivity index (χ0v) is 21.1. The summed E-state index contributed by atoms with van der Waals surface area (Å²) in [5.41, 5.74) is 3.29. The monoisotopic (exact) mass is 548 g/mol. The molecule has 32 heavy (non-hydrogen) atoms. The maximum atomic E-state index is 12.4. The molecular formula is C24H33IN6O. The Balaban J connectivity index is 0.00000289. The zero-order valence-electron chi connectivity index (χ0n) is 18.7. The van der Waals surface area contributed by atoms with Gasteiger partial charge in [-0.05, 0) is 36.6 Å². The highest BCUT2D eigenvalue weighted by molar-refractivity contribution is 14.0. The van der Waals surface area contributed by atoms with Crippen molar-refractivity contribution in [1.29, 1.82) is 0 Å². The van der Waals surface area contributed by atoms with E-state index in [2.05, 4.69) is 49.4 Å². The molecule has 8 heteroatoms. The highest BCUT2D eigenvalue weighted by Gasteiger charge is 2.24. The Morgan fingerprint density at radius 1 is 1.00 bits per heavy atom. The molecule has 1 aromatic heterocycles. The average Bonchev–Trinajstić information content (AvgIpc) is 3.37. The summed E-state index contributed by atoms with van der Waals surface area (Å²) in [6, 6.07) is 14.4. The third kappa shape index (κ3) is 6.41. The fraction of sp³-hybridized carbons (Fsp3) is 0.458. The number of benzene rings is 1. The number of nitrogens with one attached hydrogen (secondary N) is 1. The maximum Gasteiger partial charge on any atom is 0.236 e. The SMILES string of the molecule is CN=C(NCc1cccc(-c2ccccn2)c1)N1CCN(CC(=O)N2CCCC2)CC1.I. The summed E-state index contributed by atoms with van der Waals surface area (Å²) in [4.78, 5) is 27.9. The Kier molecular flexibility index (Phi) is 9.28. The molecule has 0 spiro atoms. The van der Waals surface area contributed by atoms with Crippen molar-refractivity contribution in [3.63, 3.8) is 0 Å². The van der Waals surface area contributed by atoms with Crippen molar-refractivity contribution < 1.29 is 4.79 Å². The molecule has 1 N–H and O–H groups in total. The van der Waals surface area contributed by atoms with E-state index in [-0.39, 0.29) is 29.9 Å². The van der Waals surface area contributed by atoms with Crippen molar-refractivity contribution in [2.45, 2.75) is 19.4 Å². The van der Waals surface area contributed by atoms with Crippen LogP contribution >= 0.6 is 24.0 Å². The molecule has 2 aromatic rings. The Morgan fingerprint density at radius 3 is 2.47 bits per heavy atom. The van der Waals surface area contributed by atoms with Crippen LogP contribution in [0.4, 0.5) is 0 Å². The second-order valence-corrected chi connectivity index (χ2v) is 8.17. The lowest BCUT2D eigenvalue weighted by molar-refractivity contribution is -0.131. The second kappa shape index (κ2) is 12.2. The first-order chi connectivity index (χ1) is 15.2. The molecule has 1 aromatic carbocycles. The molecule has 0 radical (unpaired) electrons. The molecule has 1 amide bonds. The number of carbonyl (C=O) groups excluding carboxylic acids is 1. The summed E-state index contributed by atoms with van der Waals surface area (Å²) in [5, 5.41) is 3.50. The number of likely N-dealkylation sites (tertiary alicyclic amines) is 1. The minimum absolute atomic E-state index is 0. The van der Waals surface area contributed by atoms with Crippen LogP contribution in [0.3, 0.4) is 0 Å². The predicted molar refractivity (Wildman–Crippen MR) is 139 cm³/mol. The van der Waals surface area contributed by atoms with Crippen LogP contribution in [0, 0.1) is 0 Å². The van der Waals surface area contributed by atoms with E-state index in [0.717, 1.165) is 69.3 Å². The van der Waals surface area contributed by atoms with Gasteiger partial charge in [0.25, 0.3) is 0 Å². The number of halogens is 1. The minimum Gasteiger partial charge on any atom is -0.352 e. The zero-order chi connectivity index (χ0) is 21.5. The summed E-state index contributed by atoms with van der Waals surface area (Å²) >= 11 is 0. The molecule has 0 saturated carbocycles. The number of rotatable bonds is 5. The van der Waals surface area contributed by atoms with E-state index in [1.54, 1.807) is 0 Å². The number of pyridine rings is 1. The molecule has 0 atom stereocenters. The molecule has 0 bridgehead atoms. The van der Waals surface area contributed by atoms with Gasteiger partial charge in [-0.1, -0.05) is 24.3 Å². The number of piperazine rings is 1. The Hall–Kier alpha value is -2.20. The summed E-state index contributed by atoms with van der Waals surface area (Å²) in [5.74, 6) is 1.19. The molecular weight excluding hydrogens is 515 g/mol. The highest BCUT2D eigenvalue weighted by atomic mass is 127. The number of aromatic nitrogens is 1. The van der Waals surface area contributed by atoms with Gasteiger partial charge in [-0.3, -0.25) is 19.7 Å². The highest BCUT2D eigenvalue weighted by Crippen LogP contribution is 2.17. The van der Waals surface area contributed by atoms with Crippen molar-refractivity contribution in [2.75, 3.05) is 52.9 Å². The van der Waals surface area contributed by atoms with Gasteiger partial charge >= 0.3 is 0 Å². The Bertz CT molecular complexity index is 892. The van der Waals surface area contributed by atoms with E-state index in [1.807, 2.05) is 36.3 Å². The predicted octanol–water partition coefficient (Wildman–Crippen LogP) is 2.68. The van der Waals surface area contributed by atoms with Gasteiger partial charge < -0.3 is 15.1 Å². The van der Waals surface area contributed by atoms with Crippen molar-refractivity contribution in [2.24, 2.45) is 4.99 Å². The molecule has 2 saturated heterocycles. The summed E-state index contributed by atoms with van der Waals surface area (Å²) in [7, 11) is 1.83. The molecule has 172 valence electrons. The molecule has 0 unspecified atom stereocenters. The van der Waals surface area contributed by atoms with Crippen molar-refractivity contribution in [3.05, 3.63) is 54.2 Å². The van der Waals surface area contributed by atoms with Crippen LogP contribution in [0.25, 0.3) is 11.3 Å². The second-order valence-electron chi connectivity index (χ2n) is 8.17. The number of guanidine groups is 1. The third-order valence-corrected chi connectivity index (χ3v) is 6.04. The van der Waals surface area contributed by atoms with Gasteiger partial charge in [-0.2, -0.15) is 0 Å². The lowest BCUT2D eigenvalue weighted by Gasteiger charge is -2.36. The van der Waals surface area contributed by atoms with Crippen LogP contribution < -0.4 is 5.32 Å².